The molecular formula is C135H87N15. The Balaban J connectivity index is 0.000000133. The Kier molecular flexibility index (Phi) is 12.6. The molecular weight excluding hydrogens is 1830 g/mol. The lowest BCUT2D eigenvalue weighted by atomic mass is 10.0. The molecule has 15 nitrogen and oxygen atoms in total. The molecule has 9 aromatic heterocycles. The molecule has 0 N–H and O–H groups in total. The fourth-order valence-corrected chi connectivity index (χ4v) is 19.5. The van der Waals surface area contributed by atoms with Gasteiger partial charge in [-0.2, -0.15) is 29.9 Å². The van der Waals surface area contributed by atoms with Gasteiger partial charge in [-0.15, -0.1) is 0 Å². The molecule has 0 fully saturated rings. The van der Waals surface area contributed by atoms with Crippen LogP contribution in [0.15, 0.2) is 527 Å². The maximum atomic E-state index is 9.53. The van der Waals surface area contributed by atoms with Gasteiger partial charge in [0.1, 0.15) is 0 Å². The topological polar surface area (TPSA) is 146 Å². The summed E-state index contributed by atoms with van der Waals surface area (Å²) in [5, 5.41) is 8.11. The van der Waals surface area contributed by atoms with E-state index < -0.39 is 358 Å². The van der Waals surface area contributed by atoms with Gasteiger partial charge >= 0.3 is 0 Å². The summed E-state index contributed by atoms with van der Waals surface area (Å²) >= 11 is 0. The summed E-state index contributed by atoms with van der Waals surface area (Å²) in [6.07, 6.45) is 0. The van der Waals surface area contributed by atoms with Crippen molar-refractivity contribution in [2.45, 2.75) is 0 Å². The highest BCUT2D eigenvalue weighted by Gasteiger charge is 2.30. The fraction of sp³-hybridized carbons (Fsp3) is 0. The van der Waals surface area contributed by atoms with Gasteiger partial charge in [-0.1, -0.05) is 454 Å². The molecule has 0 aliphatic heterocycles. The molecule has 0 bridgehead atoms. The van der Waals surface area contributed by atoms with Crippen LogP contribution in [0.1, 0.15) is 65.8 Å². The van der Waals surface area contributed by atoms with E-state index >= 15 is 0 Å². The summed E-state index contributed by atoms with van der Waals surface area (Å²) in [5.74, 6) is -3.77. The zero-order chi connectivity index (χ0) is 141. The van der Waals surface area contributed by atoms with Crippen molar-refractivity contribution in [3.63, 3.8) is 0 Å². The molecule has 30 aromatic rings. The Morgan fingerprint density at radius 2 is 0.373 bits per heavy atom. The van der Waals surface area contributed by atoms with E-state index in [2.05, 4.69) is 62.0 Å². The second-order valence-corrected chi connectivity index (χ2v) is 33.9. The molecule has 0 saturated carbocycles. The minimum atomic E-state index is -0.851. The smallest absolute Gasteiger partial charge is 0.238 e. The average molecular weight is 1970 g/mol. The predicted octanol–water partition coefficient (Wildman–Crippen LogP) is 33.2. The summed E-state index contributed by atoms with van der Waals surface area (Å²) in [4.78, 5) is 42.3. The summed E-state index contributed by atoms with van der Waals surface area (Å²) in [5.41, 5.74) is 3.05. The summed E-state index contributed by atoms with van der Waals surface area (Å²) < 4.78 is 427. The average Bonchev–Trinajstić information content (AvgIpc) is 1.53. The number of benzene rings is 21. The van der Waals surface area contributed by atoms with Gasteiger partial charge in [0.05, 0.1) is 138 Å². The Morgan fingerprint density at radius 3 is 0.713 bits per heavy atom. The molecule has 0 saturated heterocycles. The molecule has 9 heterocycles. The Bertz CT molecular complexity index is 13400. The molecule has 0 amide bonds. The Labute approximate surface area is 929 Å². The van der Waals surface area contributed by atoms with Crippen LogP contribution in [0.5, 0.6) is 0 Å². The van der Waals surface area contributed by atoms with Crippen molar-refractivity contribution in [3.05, 3.63) is 527 Å². The van der Waals surface area contributed by atoms with Crippen molar-refractivity contribution < 1.29 is 65.8 Å². The monoisotopic (exact) mass is 1970 g/mol. The summed E-state index contributed by atoms with van der Waals surface area (Å²) in [6.45, 7) is 0. The first kappa shape index (κ1) is 51.1. The van der Waals surface area contributed by atoms with E-state index in [4.69, 9.17) is 90.2 Å². The van der Waals surface area contributed by atoms with E-state index in [0.717, 1.165) is 49.4 Å². The minimum absolute atomic E-state index is 0.0690. The van der Waals surface area contributed by atoms with Gasteiger partial charge in [-0.05, 0) is 100 Å². The first-order valence-corrected chi connectivity index (χ1v) is 46.5. The number of hydrogen-bond acceptors (Lipinski definition) is 9. The highest BCUT2D eigenvalue weighted by Crippen LogP contribution is 2.48. The van der Waals surface area contributed by atoms with E-state index in [9.17, 15) is 5.48 Å². The van der Waals surface area contributed by atoms with E-state index in [0.29, 0.717) is 87.2 Å². The van der Waals surface area contributed by atoms with Gasteiger partial charge in [0.25, 0.3) is 0 Å². The molecule has 15 heteroatoms. The molecule has 0 aliphatic rings. The van der Waals surface area contributed by atoms with Gasteiger partial charge in [0.15, 0.2) is 34.9 Å². The lowest BCUT2D eigenvalue weighted by Gasteiger charge is -2.16. The van der Waals surface area contributed by atoms with Gasteiger partial charge in [0.2, 0.25) is 17.8 Å². The zero-order valence-corrected chi connectivity index (χ0v) is 77.2. The summed E-state index contributed by atoms with van der Waals surface area (Å²) in [7, 11) is 0. The largest absolute Gasteiger partial charge is 0.307 e. The second kappa shape index (κ2) is 37.0. The maximum Gasteiger partial charge on any atom is 0.238 e. The first-order chi connectivity index (χ1) is 94.4. The van der Waals surface area contributed by atoms with Crippen LogP contribution in [0.25, 0.3) is 267 Å². The van der Waals surface area contributed by atoms with E-state index in [-0.39, 0.29) is 63.0 Å². The molecule has 0 atom stereocenters. The number of nitrogens with zero attached hydrogens (tertiary/aromatic N) is 15. The molecule has 0 aliphatic carbocycles. The van der Waals surface area contributed by atoms with Gasteiger partial charge < -0.3 is 13.7 Å². The minimum Gasteiger partial charge on any atom is -0.307 e. The second-order valence-electron chi connectivity index (χ2n) is 33.9. The van der Waals surface area contributed by atoms with Gasteiger partial charge in [-0.25, -0.2) is 15.0 Å². The van der Waals surface area contributed by atoms with Gasteiger partial charge in [-0.3, -0.25) is 13.7 Å². The van der Waals surface area contributed by atoms with E-state index in [1.807, 2.05) is 102 Å². The predicted molar refractivity (Wildman–Crippen MR) is 614 cm³/mol. The van der Waals surface area contributed by atoms with Crippen LogP contribution in [-0.4, -0.2) is 72.3 Å². The van der Waals surface area contributed by atoms with Crippen LogP contribution in [0.4, 0.5) is 0 Å². The van der Waals surface area contributed by atoms with Crippen LogP contribution < -0.4 is 0 Å². The quantitative estimate of drug-likeness (QED) is 0.0979. The number of fused-ring (bicyclic) bond motifs is 21. The van der Waals surface area contributed by atoms with Crippen LogP contribution in [0.3, 0.4) is 0 Å². The number of hydrogen-bond donors (Lipinski definition) is 0. The molecule has 0 radical (unpaired) electrons. The van der Waals surface area contributed by atoms with Crippen LogP contribution >= 0.6 is 0 Å². The number of para-hydroxylation sites is 9. The molecule has 0 unspecified atom stereocenters. The fourth-order valence-electron chi connectivity index (χ4n) is 19.5. The van der Waals surface area contributed by atoms with E-state index in [1.54, 1.807) is 102 Å². The third-order valence-electron chi connectivity index (χ3n) is 25.6. The van der Waals surface area contributed by atoms with Crippen molar-refractivity contribution in [3.8, 4) is 137 Å². The van der Waals surface area contributed by atoms with Crippen LogP contribution in [-0.2, 0) is 0 Å². The normalized spacial score (nSPS) is 16.1. The molecule has 702 valence electrons. The van der Waals surface area contributed by atoms with Crippen molar-refractivity contribution in [1.82, 2.24) is 72.3 Å². The van der Waals surface area contributed by atoms with E-state index in [1.165, 1.54) is 13.7 Å². The lowest BCUT2D eigenvalue weighted by Crippen LogP contribution is -2.07. The van der Waals surface area contributed by atoms with Crippen LogP contribution in [0, 0.1) is 0 Å². The molecule has 150 heavy (non-hydrogen) atoms. The third-order valence-corrected chi connectivity index (χ3v) is 25.6. The zero-order valence-electron chi connectivity index (χ0n) is 125. The molecule has 21 aromatic carbocycles. The summed E-state index contributed by atoms with van der Waals surface area (Å²) in [6, 6.07) is 39.9. The Hall–Kier alpha value is -20.5. The molecule has 30 rings (SSSR count). The molecule has 0 spiro atoms. The highest BCUT2D eigenvalue weighted by atomic mass is 15.2. The Morgan fingerprint density at radius 1 is 0.147 bits per heavy atom. The lowest BCUT2D eigenvalue weighted by molar-refractivity contribution is 0.953. The maximum absolute atomic E-state index is 9.53. The third kappa shape index (κ3) is 15.1. The SMILES string of the molecule is [2H]c1c([2H])c([2H])c(-c2nc(-c3c([2H])c([2H])c(-c4c([2H])c([2H])c([2H])c([2H])c4[2H])c([2H])c3[2H])nc(-n3c4ccccc4c4ccc5c6ccccc6n(-c6c([2H])c([2H])c([2H])c([2H])c6[2H])c5c43)n2)c([2H])c1[2H].[2H]c1c([2H])c([2H])c(-c2nc(-c3c([2H])c([2H])c([2H])c(-c4c([2H])c([2H])c([2H])c([2H])c4[2H])c3[2H])nc(-n3c4ccccc4c4ccc5c6ccccc6n(-c6c([2H])c([2H])c([2H])c([2H])c6[2H])c5c43)n2)c([2H])c1[2H].[2H]c1c([2H])c([2H])c(-c2nc(-c3c([2H])c([2H])c([2H])c([2H])c3[2H])nc(-n3c4ccccc4c4ccc5c6ccccc6n(-c6ccccc6-c6ccccc6)c5c43)n2)c([2H])c1[2H]. The van der Waals surface area contributed by atoms with Crippen molar-refractivity contribution in [2.24, 2.45) is 0 Å². The first-order valence-electron chi connectivity index (χ1n) is 70.5. The van der Waals surface area contributed by atoms with Crippen LogP contribution in [0.2, 0.25) is 0 Å². The number of aromatic nitrogens is 15. The van der Waals surface area contributed by atoms with Crippen molar-refractivity contribution >= 4 is 131 Å². The highest BCUT2D eigenvalue weighted by molar-refractivity contribution is 6.27. The van der Waals surface area contributed by atoms with Crippen molar-refractivity contribution in [1.29, 1.82) is 0 Å². The number of rotatable bonds is 15. The standard InChI is InChI=1S/3C45H29N5/c1-4-16-30(17-5-1)33-22-10-13-25-38(33)49-39-26-14-11-23-34(39)36-28-29-37-35-24-12-15-27-40(35)50(42(37)41(36)49)45-47-43(31-18-6-2-7-19-31)46-44(48-45)32-20-8-3-9-21-32;1-4-15-30(16-5-1)32-19-14-20-33(29-32)44-46-43(31-17-6-2-7-18-31)47-45(48-44)50-40-26-13-11-24-36(40)38-28-27-37-35-23-10-12-25-39(35)49(41(37)42(38)50)34-21-8-3-9-22-34;1-4-14-30(15-5-1)31-24-26-33(27-25-31)44-46-43(32-16-6-2-7-17-32)47-45(48-44)50-40-23-13-11-21-36(40)38-29-28-37-35-20-10-12-22-39(35)49(41(37)42(38)50)34-18-8-3-9-19-34/h3*1-29H/i2D,3D,6D,7D,8D,9D,18D,19D,20D,21D;1D,2D,3D,4D,5D,6D,7D,8D,9D,14D,15D,16D,17D,18D,19D,20D,21D,22D,29D;1D,2D,3D,4D,5D,6D,7D,8D,9D,14D,15D,16D,17D,18D,19D,24D,25D,26D,27D. The van der Waals surface area contributed by atoms with Crippen molar-refractivity contribution in [2.75, 3.05) is 0 Å². The van der Waals surface area contributed by atoms with Gasteiger partial charge in [0, 0.05) is 115 Å².